The largest absolute Gasteiger partial charge is 0.619 e. The number of rotatable bonds is 4. The number of alkyl halides is 2. The predicted molar refractivity (Wildman–Crippen MR) is 96.3 cm³/mol. The van der Waals surface area contributed by atoms with Crippen LogP contribution in [-0.4, -0.2) is 40.8 Å². The Labute approximate surface area is 160 Å². The molecule has 0 saturated carbocycles. The zero-order valence-corrected chi connectivity index (χ0v) is 15.5. The maximum Gasteiger partial charge on any atom is 0.257 e. The van der Waals surface area contributed by atoms with Crippen molar-refractivity contribution in [3.05, 3.63) is 58.9 Å². The molecule has 1 aliphatic rings. The van der Waals surface area contributed by atoms with Gasteiger partial charge in [-0.25, -0.2) is 18.2 Å². The van der Waals surface area contributed by atoms with Gasteiger partial charge in [0.1, 0.15) is 11.6 Å². The minimum atomic E-state index is -2.98. The average Bonchev–Trinajstić information content (AvgIpc) is 2.65. The lowest BCUT2D eigenvalue weighted by atomic mass is 9.85. The Morgan fingerprint density at radius 2 is 2.18 bits per heavy atom. The summed E-state index contributed by atoms with van der Waals surface area (Å²) >= 11 is 0. The smallest absolute Gasteiger partial charge is 0.257 e. The second-order valence-corrected chi connectivity index (χ2v) is 6.96. The molecule has 150 valence electrons. The van der Waals surface area contributed by atoms with Crippen LogP contribution in [0.1, 0.15) is 30.5 Å². The molecule has 1 fully saturated rings. The van der Waals surface area contributed by atoms with Gasteiger partial charge in [0, 0.05) is 38.1 Å². The summed E-state index contributed by atoms with van der Waals surface area (Å²) in [6.07, 6.45) is 1.83. The molecule has 2 atom stereocenters. The van der Waals surface area contributed by atoms with E-state index < -0.39 is 36.0 Å². The molecular weight excluding hydrogens is 373 g/mol. The first kappa shape index (κ1) is 20.1. The lowest BCUT2D eigenvalue weighted by Crippen LogP contribution is -2.52. The fourth-order valence-electron chi connectivity index (χ4n) is 3.40. The molecule has 0 aliphatic carbocycles. The van der Waals surface area contributed by atoms with Crippen molar-refractivity contribution in [1.82, 2.24) is 9.88 Å². The molecular formula is C19H21F3N4O2. The summed E-state index contributed by atoms with van der Waals surface area (Å²) in [6, 6.07) is 4.77. The minimum Gasteiger partial charge on any atom is -0.619 e. The van der Waals surface area contributed by atoms with E-state index in [1.165, 1.54) is 37.4 Å². The van der Waals surface area contributed by atoms with Gasteiger partial charge < -0.3 is 10.5 Å². The van der Waals surface area contributed by atoms with E-state index in [4.69, 9.17) is 0 Å². The van der Waals surface area contributed by atoms with E-state index in [1.54, 1.807) is 11.8 Å². The number of halogens is 3. The highest BCUT2D eigenvalue weighted by molar-refractivity contribution is 5.93. The van der Waals surface area contributed by atoms with Gasteiger partial charge in [0.05, 0.1) is 18.2 Å². The van der Waals surface area contributed by atoms with Crippen molar-refractivity contribution in [2.45, 2.75) is 38.2 Å². The molecule has 0 bridgehead atoms. The van der Waals surface area contributed by atoms with Crippen molar-refractivity contribution in [2.75, 3.05) is 18.4 Å². The predicted octanol–water partition coefficient (Wildman–Crippen LogP) is 2.61. The van der Waals surface area contributed by atoms with Crippen molar-refractivity contribution in [1.29, 1.82) is 0 Å². The van der Waals surface area contributed by atoms with Crippen LogP contribution in [0.3, 0.4) is 0 Å². The summed E-state index contributed by atoms with van der Waals surface area (Å²) < 4.78 is 42.7. The van der Waals surface area contributed by atoms with Crippen molar-refractivity contribution in [3.8, 4) is 0 Å². The van der Waals surface area contributed by atoms with Crippen LogP contribution >= 0.6 is 0 Å². The normalized spacial score (nSPS) is 20.5. The second-order valence-electron chi connectivity index (χ2n) is 6.96. The van der Waals surface area contributed by atoms with Gasteiger partial charge in [-0.15, -0.1) is 0 Å². The standard InChI is InChI=1S/C19H21F3N4O2/c1-12-15(4-3-8-26(12)28)16-11-25(9-7-19(16,21)22)13(2)18(27)24-17-6-5-14(20)10-23-17/h3-6,8,10,13,16H,7,9,11H2,1-2H3,(H,23,24,27)/t13-,16?/m0/s1. The van der Waals surface area contributed by atoms with Crippen molar-refractivity contribution < 1.29 is 22.7 Å². The Hall–Kier alpha value is -2.68. The minimum absolute atomic E-state index is 0.0399. The number of amides is 1. The number of anilines is 1. The quantitative estimate of drug-likeness (QED) is 0.639. The lowest BCUT2D eigenvalue weighted by molar-refractivity contribution is -0.613. The molecule has 2 aromatic rings. The van der Waals surface area contributed by atoms with Gasteiger partial charge in [0.15, 0.2) is 11.9 Å². The number of piperidine rings is 1. The van der Waals surface area contributed by atoms with Gasteiger partial charge in [-0.1, -0.05) is 0 Å². The fourth-order valence-corrected chi connectivity index (χ4v) is 3.40. The van der Waals surface area contributed by atoms with E-state index in [9.17, 15) is 23.2 Å². The van der Waals surface area contributed by atoms with E-state index in [1.807, 2.05) is 0 Å². The maximum atomic E-state index is 14.6. The van der Waals surface area contributed by atoms with Crippen LogP contribution in [0.25, 0.3) is 0 Å². The van der Waals surface area contributed by atoms with Crippen LogP contribution in [0.5, 0.6) is 0 Å². The second kappa shape index (κ2) is 7.75. The van der Waals surface area contributed by atoms with E-state index in [0.717, 1.165) is 6.20 Å². The Balaban J connectivity index is 1.76. The Morgan fingerprint density at radius 3 is 2.86 bits per heavy atom. The number of nitrogens with zero attached hydrogens (tertiary/aromatic N) is 3. The summed E-state index contributed by atoms with van der Waals surface area (Å²) in [7, 11) is 0. The number of carbonyl (C=O) groups is 1. The zero-order chi connectivity index (χ0) is 20.5. The third-order valence-electron chi connectivity index (χ3n) is 5.19. The summed E-state index contributed by atoms with van der Waals surface area (Å²) in [5.74, 6) is -4.94. The number of likely N-dealkylation sites (tertiary alicyclic amines) is 1. The number of carbonyl (C=O) groups excluding carboxylic acids is 1. The summed E-state index contributed by atoms with van der Waals surface area (Å²) in [5, 5.41) is 14.4. The number of hydrogen-bond donors (Lipinski definition) is 1. The molecule has 0 radical (unpaired) electrons. The van der Waals surface area contributed by atoms with Crippen LogP contribution in [0.15, 0.2) is 36.7 Å². The molecule has 3 heterocycles. The molecule has 0 aromatic carbocycles. The number of pyridine rings is 2. The van der Waals surface area contributed by atoms with Gasteiger partial charge in [-0.2, -0.15) is 4.73 Å². The Morgan fingerprint density at radius 1 is 1.43 bits per heavy atom. The fraction of sp³-hybridized carbons (Fsp3) is 0.421. The first-order chi connectivity index (χ1) is 13.2. The Kier molecular flexibility index (Phi) is 5.55. The lowest BCUT2D eigenvalue weighted by Gasteiger charge is -2.40. The molecule has 1 saturated heterocycles. The molecule has 1 unspecified atom stereocenters. The van der Waals surface area contributed by atoms with Crippen LogP contribution in [-0.2, 0) is 4.79 Å². The van der Waals surface area contributed by atoms with Crippen molar-refractivity contribution >= 4 is 11.7 Å². The molecule has 28 heavy (non-hydrogen) atoms. The number of hydrogen-bond acceptors (Lipinski definition) is 4. The third kappa shape index (κ3) is 4.09. The van der Waals surface area contributed by atoms with Gasteiger partial charge in [0.2, 0.25) is 5.91 Å². The topological polar surface area (TPSA) is 72.2 Å². The number of nitrogens with one attached hydrogen (secondary N) is 1. The highest BCUT2D eigenvalue weighted by Gasteiger charge is 2.47. The highest BCUT2D eigenvalue weighted by atomic mass is 19.3. The van der Waals surface area contributed by atoms with Gasteiger partial charge in [0.25, 0.3) is 5.92 Å². The first-order valence-electron chi connectivity index (χ1n) is 8.92. The molecule has 9 heteroatoms. The van der Waals surface area contributed by atoms with Crippen LogP contribution in [0, 0.1) is 17.9 Å². The first-order valence-corrected chi connectivity index (χ1v) is 8.92. The van der Waals surface area contributed by atoms with Crippen LogP contribution in [0.4, 0.5) is 19.0 Å². The zero-order valence-electron chi connectivity index (χ0n) is 15.5. The van der Waals surface area contributed by atoms with E-state index in [2.05, 4.69) is 10.3 Å². The van der Waals surface area contributed by atoms with Crippen LogP contribution < -0.4 is 10.0 Å². The molecule has 6 nitrogen and oxygen atoms in total. The highest BCUT2D eigenvalue weighted by Crippen LogP contribution is 2.41. The van der Waals surface area contributed by atoms with E-state index >= 15 is 0 Å². The van der Waals surface area contributed by atoms with Crippen molar-refractivity contribution in [2.24, 2.45) is 0 Å². The van der Waals surface area contributed by atoms with Crippen molar-refractivity contribution in [3.63, 3.8) is 0 Å². The molecule has 1 aliphatic heterocycles. The summed E-state index contributed by atoms with van der Waals surface area (Å²) in [4.78, 5) is 17.9. The third-order valence-corrected chi connectivity index (χ3v) is 5.19. The number of aromatic nitrogens is 2. The summed E-state index contributed by atoms with van der Waals surface area (Å²) in [6.45, 7) is 3.10. The van der Waals surface area contributed by atoms with E-state index in [0.29, 0.717) is 4.73 Å². The molecule has 0 spiro atoms. The maximum absolute atomic E-state index is 14.6. The molecule has 1 amide bonds. The monoisotopic (exact) mass is 394 g/mol. The Bertz CT molecular complexity index is 861. The SMILES string of the molecule is Cc1c(C2CN([C@@H](C)C(=O)Nc3ccc(F)cn3)CCC2(F)F)ccc[n+]1[O-]. The van der Waals surface area contributed by atoms with Crippen LogP contribution in [0.2, 0.25) is 0 Å². The van der Waals surface area contributed by atoms with E-state index in [-0.39, 0.29) is 30.2 Å². The molecule has 2 aromatic heterocycles. The molecule has 3 rings (SSSR count). The van der Waals surface area contributed by atoms with Gasteiger partial charge in [-0.05, 0) is 25.1 Å². The summed E-state index contributed by atoms with van der Waals surface area (Å²) in [5.41, 5.74) is 0.502. The average molecular weight is 394 g/mol. The molecule has 1 N–H and O–H groups in total. The van der Waals surface area contributed by atoms with Gasteiger partial charge in [-0.3, -0.25) is 9.69 Å². The van der Waals surface area contributed by atoms with Gasteiger partial charge >= 0.3 is 0 Å².